The molecule has 0 spiro atoms. The summed E-state index contributed by atoms with van der Waals surface area (Å²) >= 11 is 0. The summed E-state index contributed by atoms with van der Waals surface area (Å²) in [4.78, 5) is 32.1. The van der Waals surface area contributed by atoms with Crippen molar-refractivity contribution in [3.63, 3.8) is 0 Å². The summed E-state index contributed by atoms with van der Waals surface area (Å²) < 4.78 is 10.5. The molecule has 2 aromatic carbocycles. The average molecular weight is 467 g/mol. The largest absolute Gasteiger partial charge is 0.493 e. The summed E-state index contributed by atoms with van der Waals surface area (Å²) in [5, 5.41) is 2.92. The van der Waals surface area contributed by atoms with Crippen LogP contribution in [0, 0.1) is 5.92 Å². The van der Waals surface area contributed by atoms with Crippen molar-refractivity contribution in [3.05, 3.63) is 48.5 Å². The molecule has 2 aromatic rings. The van der Waals surface area contributed by atoms with Crippen LogP contribution in [0.1, 0.15) is 12.8 Å². The van der Waals surface area contributed by atoms with E-state index in [9.17, 15) is 9.59 Å². The molecule has 182 valence electrons. The second kappa shape index (κ2) is 11.2. The van der Waals surface area contributed by atoms with Crippen molar-refractivity contribution in [2.75, 3.05) is 70.2 Å². The van der Waals surface area contributed by atoms with Gasteiger partial charge in [-0.2, -0.15) is 0 Å². The standard InChI is InChI=1S/C26H34N4O4/c1-33-23-9-8-21(18-24(23)34-2)27-25(31)19-28-12-10-20(11-13-28)26(32)30-16-14-29(15-17-30)22-6-4-3-5-7-22/h3-9,18,20H,10-17,19H2,1-2H3,(H,27,31). The Morgan fingerprint density at radius 3 is 2.21 bits per heavy atom. The number of benzene rings is 2. The molecule has 0 atom stereocenters. The molecule has 0 radical (unpaired) electrons. The summed E-state index contributed by atoms with van der Waals surface area (Å²) in [6, 6.07) is 15.7. The number of piperazine rings is 1. The van der Waals surface area contributed by atoms with Crippen LogP contribution in [0.15, 0.2) is 48.5 Å². The molecule has 2 aliphatic heterocycles. The number of para-hydroxylation sites is 1. The van der Waals surface area contributed by atoms with Gasteiger partial charge in [0.1, 0.15) is 0 Å². The molecule has 2 saturated heterocycles. The van der Waals surface area contributed by atoms with E-state index in [1.54, 1.807) is 32.4 Å². The van der Waals surface area contributed by atoms with Crippen LogP contribution in [0.2, 0.25) is 0 Å². The minimum absolute atomic E-state index is 0.0495. The fraction of sp³-hybridized carbons (Fsp3) is 0.462. The second-order valence-corrected chi connectivity index (χ2v) is 8.82. The SMILES string of the molecule is COc1ccc(NC(=O)CN2CCC(C(=O)N3CCN(c4ccccc4)CC3)CC2)cc1OC. The number of nitrogens with zero attached hydrogens (tertiary/aromatic N) is 3. The number of anilines is 2. The van der Waals surface area contributed by atoms with E-state index in [-0.39, 0.29) is 17.7 Å². The molecule has 0 saturated carbocycles. The first kappa shape index (κ1) is 23.9. The van der Waals surface area contributed by atoms with Gasteiger partial charge in [-0.3, -0.25) is 14.5 Å². The highest BCUT2D eigenvalue weighted by atomic mass is 16.5. The van der Waals surface area contributed by atoms with Crippen molar-refractivity contribution in [1.82, 2.24) is 9.80 Å². The summed E-state index contributed by atoms with van der Waals surface area (Å²) in [5.41, 5.74) is 1.89. The summed E-state index contributed by atoms with van der Waals surface area (Å²) in [6.45, 7) is 5.07. The molecular weight excluding hydrogens is 432 g/mol. The van der Waals surface area contributed by atoms with Crippen LogP contribution in [0.3, 0.4) is 0 Å². The minimum atomic E-state index is -0.0750. The predicted molar refractivity (Wildman–Crippen MR) is 133 cm³/mol. The van der Waals surface area contributed by atoms with Crippen LogP contribution in [0.4, 0.5) is 11.4 Å². The topological polar surface area (TPSA) is 74.4 Å². The molecular formula is C26H34N4O4. The van der Waals surface area contributed by atoms with Crippen molar-refractivity contribution < 1.29 is 19.1 Å². The molecule has 0 unspecified atom stereocenters. The molecule has 2 heterocycles. The number of rotatable bonds is 7. The number of carbonyl (C=O) groups excluding carboxylic acids is 2. The fourth-order valence-corrected chi connectivity index (χ4v) is 4.74. The maximum Gasteiger partial charge on any atom is 0.238 e. The number of hydrogen-bond acceptors (Lipinski definition) is 6. The lowest BCUT2D eigenvalue weighted by Crippen LogP contribution is -2.52. The van der Waals surface area contributed by atoms with Gasteiger partial charge >= 0.3 is 0 Å². The van der Waals surface area contributed by atoms with Crippen molar-refractivity contribution in [1.29, 1.82) is 0 Å². The molecule has 2 amide bonds. The van der Waals surface area contributed by atoms with E-state index in [1.807, 2.05) is 11.0 Å². The number of carbonyl (C=O) groups is 2. The third kappa shape index (κ3) is 5.80. The Kier molecular flexibility index (Phi) is 7.90. The molecule has 34 heavy (non-hydrogen) atoms. The molecule has 0 aliphatic carbocycles. The van der Waals surface area contributed by atoms with Crippen LogP contribution >= 0.6 is 0 Å². The first-order chi connectivity index (χ1) is 16.6. The van der Waals surface area contributed by atoms with E-state index in [2.05, 4.69) is 39.4 Å². The number of hydrogen-bond donors (Lipinski definition) is 1. The zero-order valence-electron chi connectivity index (χ0n) is 20.0. The van der Waals surface area contributed by atoms with Crippen molar-refractivity contribution >= 4 is 23.2 Å². The van der Waals surface area contributed by atoms with Crippen molar-refractivity contribution in [2.24, 2.45) is 5.92 Å². The van der Waals surface area contributed by atoms with Crippen molar-refractivity contribution in [3.8, 4) is 11.5 Å². The van der Waals surface area contributed by atoms with Gasteiger partial charge in [-0.15, -0.1) is 0 Å². The van der Waals surface area contributed by atoms with Gasteiger partial charge in [0.25, 0.3) is 0 Å². The van der Waals surface area contributed by atoms with E-state index in [1.165, 1.54) is 5.69 Å². The summed E-state index contributed by atoms with van der Waals surface area (Å²) in [6.07, 6.45) is 1.59. The number of methoxy groups -OCH3 is 2. The van der Waals surface area contributed by atoms with Gasteiger partial charge in [-0.1, -0.05) is 18.2 Å². The van der Waals surface area contributed by atoms with Gasteiger partial charge in [-0.05, 0) is 50.2 Å². The van der Waals surface area contributed by atoms with E-state index in [4.69, 9.17) is 9.47 Å². The van der Waals surface area contributed by atoms with Crippen LogP contribution in [-0.2, 0) is 9.59 Å². The molecule has 8 nitrogen and oxygen atoms in total. The fourth-order valence-electron chi connectivity index (χ4n) is 4.74. The molecule has 8 heteroatoms. The van der Waals surface area contributed by atoms with E-state index < -0.39 is 0 Å². The third-order valence-corrected chi connectivity index (χ3v) is 6.68. The summed E-state index contributed by atoms with van der Waals surface area (Å²) in [5.74, 6) is 1.43. The molecule has 2 aliphatic rings. The average Bonchev–Trinajstić information content (AvgIpc) is 2.89. The van der Waals surface area contributed by atoms with Gasteiger partial charge in [0, 0.05) is 49.5 Å². The number of likely N-dealkylation sites (tertiary alicyclic amines) is 1. The Bertz CT molecular complexity index is 968. The van der Waals surface area contributed by atoms with Crippen LogP contribution in [-0.4, -0.2) is 81.6 Å². The lowest BCUT2D eigenvalue weighted by Gasteiger charge is -2.39. The monoisotopic (exact) mass is 466 g/mol. The maximum atomic E-state index is 13.1. The van der Waals surface area contributed by atoms with Crippen LogP contribution in [0.5, 0.6) is 11.5 Å². The van der Waals surface area contributed by atoms with E-state index in [0.717, 1.165) is 52.1 Å². The highest BCUT2D eigenvalue weighted by Crippen LogP contribution is 2.30. The highest BCUT2D eigenvalue weighted by Gasteiger charge is 2.31. The first-order valence-corrected chi connectivity index (χ1v) is 11.9. The number of amides is 2. The molecule has 2 fully saturated rings. The van der Waals surface area contributed by atoms with Gasteiger partial charge in [-0.25, -0.2) is 0 Å². The van der Waals surface area contributed by atoms with E-state index >= 15 is 0 Å². The Morgan fingerprint density at radius 1 is 0.882 bits per heavy atom. The zero-order valence-corrected chi connectivity index (χ0v) is 20.0. The summed E-state index contributed by atoms with van der Waals surface area (Å²) in [7, 11) is 3.15. The first-order valence-electron chi connectivity index (χ1n) is 11.9. The number of nitrogens with one attached hydrogen (secondary N) is 1. The maximum absolute atomic E-state index is 13.1. The van der Waals surface area contributed by atoms with Gasteiger partial charge < -0.3 is 24.6 Å². The lowest BCUT2D eigenvalue weighted by molar-refractivity contribution is -0.137. The highest BCUT2D eigenvalue weighted by molar-refractivity contribution is 5.92. The van der Waals surface area contributed by atoms with Gasteiger partial charge in [0.2, 0.25) is 11.8 Å². The van der Waals surface area contributed by atoms with Gasteiger partial charge in [0.15, 0.2) is 11.5 Å². The Hall–Kier alpha value is -3.26. The van der Waals surface area contributed by atoms with E-state index in [0.29, 0.717) is 23.7 Å². The normalized spacial score (nSPS) is 17.4. The van der Waals surface area contributed by atoms with Crippen LogP contribution in [0.25, 0.3) is 0 Å². The zero-order chi connectivity index (χ0) is 23.9. The predicted octanol–water partition coefficient (Wildman–Crippen LogP) is 2.70. The second-order valence-electron chi connectivity index (χ2n) is 8.82. The Morgan fingerprint density at radius 2 is 1.56 bits per heavy atom. The minimum Gasteiger partial charge on any atom is -0.493 e. The smallest absolute Gasteiger partial charge is 0.238 e. The Labute approximate surface area is 201 Å². The molecule has 0 aromatic heterocycles. The lowest BCUT2D eigenvalue weighted by atomic mass is 9.95. The van der Waals surface area contributed by atoms with Crippen LogP contribution < -0.4 is 19.7 Å². The number of ether oxygens (including phenoxy) is 2. The molecule has 1 N–H and O–H groups in total. The quantitative estimate of drug-likeness (QED) is 0.677. The Balaban J connectivity index is 1.20. The van der Waals surface area contributed by atoms with Gasteiger partial charge in [0.05, 0.1) is 20.8 Å². The van der Waals surface area contributed by atoms with Crippen molar-refractivity contribution in [2.45, 2.75) is 12.8 Å². The molecule has 4 rings (SSSR count). The third-order valence-electron chi connectivity index (χ3n) is 6.68. The molecule has 0 bridgehead atoms. The number of piperidine rings is 1.